The maximum Gasteiger partial charge on any atom is 0.114 e. The Hall–Kier alpha value is -0.410. The molecule has 0 aliphatic heterocycles. The maximum absolute atomic E-state index is 4.96. The highest BCUT2D eigenvalue weighted by Gasteiger charge is 2.41. The predicted molar refractivity (Wildman–Crippen MR) is 72.5 cm³/mol. The second-order valence-electron chi connectivity index (χ2n) is 5.61. The average molecular weight is 250 g/mol. The zero-order chi connectivity index (χ0) is 11.9. The fourth-order valence-corrected chi connectivity index (χ4v) is 5.01. The zero-order valence-corrected chi connectivity index (χ0v) is 11.7. The molecule has 94 valence electrons. The summed E-state index contributed by atoms with van der Waals surface area (Å²) in [5.74, 6) is 0.715. The third-order valence-corrected chi connectivity index (χ3v) is 6.06. The number of rotatable bonds is 2. The molecular weight excluding hydrogens is 228 g/mol. The van der Waals surface area contributed by atoms with Gasteiger partial charge >= 0.3 is 0 Å². The molecule has 3 heteroatoms. The van der Waals surface area contributed by atoms with Gasteiger partial charge in [0.05, 0.1) is 11.2 Å². The predicted octanol–water partition coefficient (Wildman–Crippen LogP) is 3.26. The van der Waals surface area contributed by atoms with Gasteiger partial charge in [-0.3, -0.25) is 0 Å². The highest BCUT2D eigenvalue weighted by Crippen LogP contribution is 2.44. The third-order valence-electron chi connectivity index (χ3n) is 4.72. The molecule has 0 saturated heterocycles. The molecule has 0 aromatic carbocycles. The van der Waals surface area contributed by atoms with Gasteiger partial charge in [-0.15, -0.1) is 11.3 Å². The highest BCUT2D eigenvalue weighted by molar-refractivity contribution is 7.12. The second-order valence-corrected chi connectivity index (χ2v) is 6.69. The Labute approximate surface area is 108 Å². The Morgan fingerprint density at radius 1 is 1.29 bits per heavy atom. The number of hydrogen-bond donors (Lipinski definition) is 1. The molecule has 2 aliphatic rings. The van der Waals surface area contributed by atoms with E-state index in [1.807, 2.05) is 11.3 Å². The largest absolute Gasteiger partial charge is 0.308 e. The van der Waals surface area contributed by atoms with E-state index in [-0.39, 0.29) is 5.54 Å². The highest BCUT2D eigenvalue weighted by atomic mass is 32.1. The fraction of sp³-hybridized carbons (Fsp3) is 0.786. The number of fused-ring (bicyclic) bond motifs is 1. The topological polar surface area (TPSA) is 24.9 Å². The Bertz CT molecular complexity index is 391. The molecule has 3 rings (SSSR count). The van der Waals surface area contributed by atoms with E-state index in [0.29, 0.717) is 5.92 Å². The summed E-state index contributed by atoms with van der Waals surface area (Å²) in [6, 6.07) is 0. The van der Waals surface area contributed by atoms with Crippen LogP contribution in [0.15, 0.2) is 0 Å². The summed E-state index contributed by atoms with van der Waals surface area (Å²) < 4.78 is 0. The van der Waals surface area contributed by atoms with Crippen LogP contribution in [0.3, 0.4) is 0 Å². The molecule has 2 unspecified atom stereocenters. The minimum absolute atomic E-state index is 0.174. The van der Waals surface area contributed by atoms with Crippen LogP contribution >= 0.6 is 11.3 Å². The lowest BCUT2D eigenvalue weighted by molar-refractivity contribution is 0.165. The van der Waals surface area contributed by atoms with Crippen molar-refractivity contribution in [3.8, 4) is 0 Å². The number of nitrogens with zero attached hydrogens (tertiary/aromatic N) is 1. The van der Waals surface area contributed by atoms with Gasteiger partial charge in [-0.1, -0.05) is 19.8 Å². The number of aryl methyl sites for hydroxylation is 2. The molecule has 1 fully saturated rings. The summed E-state index contributed by atoms with van der Waals surface area (Å²) in [6.07, 6.45) is 9.12. The lowest BCUT2D eigenvalue weighted by Gasteiger charge is -2.41. The zero-order valence-electron chi connectivity index (χ0n) is 10.9. The van der Waals surface area contributed by atoms with Crippen LogP contribution < -0.4 is 5.32 Å². The number of hydrogen-bond acceptors (Lipinski definition) is 3. The van der Waals surface area contributed by atoms with Crippen molar-refractivity contribution in [2.45, 2.75) is 57.4 Å². The lowest BCUT2D eigenvalue weighted by atomic mass is 9.74. The summed E-state index contributed by atoms with van der Waals surface area (Å²) in [5.41, 5.74) is 1.57. The monoisotopic (exact) mass is 250 g/mol. The van der Waals surface area contributed by atoms with Gasteiger partial charge < -0.3 is 5.32 Å². The molecule has 0 radical (unpaired) electrons. The van der Waals surface area contributed by atoms with Gasteiger partial charge in [-0.25, -0.2) is 4.98 Å². The normalized spacial score (nSPS) is 32.7. The average Bonchev–Trinajstić information content (AvgIpc) is 2.90. The minimum atomic E-state index is 0.174. The molecular formula is C14H22N2S. The van der Waals surface area contributed by atoms with Gasteiger partial charge in [0.15, 0.2) is 0 Å². The van der Waals surface area contributed by atoms with E-state index in [1.165, 1.54) is 55.6 Å². The van der Waals surface area contributed by atoms with Crippen LogP contribution in [0.5, 0.6) is 0 Å². The molecule has 1 heterocycles. The smallest absolute Gasteiger partial charge is 0.114 e. The molecule has 0 spiro atoms. The van der Waals surface area contributed by atoms with Crippen LogP contribution in [-0.2, 0) is 18.4 Å². The molecule has 1 aromatic rings. The van der Waals surface area contributed by atoms with E-state index in [9.17, 15) is 0 Å². The van der Waals surface area contributed by atoms with Gasteiger partial charge in [0.1, 0.15) is 5.01 Å². The quantitative estimate of drug-likeness (QED) is 0.871. The van der Waals surface area contributed by atoms with Crippen molar-refractivity contribution >= 4 is 11.3 Å². The molecule has 0 amide bonds. The van der Waals surface area contributed by atoms with Crippen LogP contribution in [-0.4, -0.2) is 12.0 Å². The lowest BCUT2D eigenvalue weighted by Crippen LogP contribution is -2.47. The van der Waals surface area contributed by atoms with Crippen molar-refractivity contribution in [1.82, 2.24) is 10.3 Å². The molecule has 1 aromatic heterocycles. The first-order valence-electron chi connectivity index (χ1n) is 6.94. The van der Waals surface area contributed by atoms with E-state index >= 15 is 0 Å². The van der Waals surface area contributed by atoms with Crippen LogP contribution in [0, 0.1) is 5.92 Å². The Kier molecular flexibility index (Phi) is 2.99. The standard InChI is InChI=1S/C14H22N2S/c1-10-6-3-4-9-14(10,15-2)13-16-11-7-5-8-12(11)17-13/h10,15H,3-9H2,1-2H3. The van der Waals surface area contributed by atoms with Gasteiger partial charge in [0.2, 0.25) is 0 Å². The van der Waals surface area contributed by atoms with Crippen LogP contribution in [0.4, 0.5) is 0 Å². The first-order chi connectivity index (χ1) is 8.26. The van der Waals surface area contributed by atoms with E-state index in [1.54, 1.807) is 4.88 Å². The second kappa shape index (κ2) is 4.36. The third kappa shape index (κ3) is 1.75. The summed E-state index contributed by atoms with van der Waals surface area (Å²) in [4.78, 5) is 6.53. The van der Waals surface area contributed by atoms with Crippen molar-refractivity contribution in [3.63, 3.8) is 0 Å². The van der Waals surface area contributed by atoms with E-state index in [4.69, 9.17) is 4.98 Å². The fourth-order valence-electron chi connectivity index (χ4n) is 3.52. The van der Waals surface area contributed by atoms with Crippen molar-refractivity contribution < 1.29 is 0 Å². The van der Waals surface area contributed by atoms with Gasteiger partial charge in [-0.2, -0.15) is 0 Å². The molecule has 2 aliphatic carbocycles. The Balaban J connectivity index is 1.98. The Morgan fingerprint density at radius 2 is 2.18 bits per heavy atom. The molecule has 17 heavy (non-hydrogen) atoms. The number of aromatic nitrogens is 1. The van der Waals surface area contributed by atoms with E-state index in [0.717, 1.165) is 0 Å². The first-order valence-corrected chi connectivity index (χ1v) is 7.76. The molecule has 2 atom stereocenters. The van der Waals surface area contributed by atoms with Crippen LogP contribution in [0.2, 0.25) is 0 Å². The van der Waals surface area contributed by atoms with Crippen LogP contribution in [0.1, 0.15) is 54.6 Å². The maximum atomic E-state index is 4.96. The van der Waals surface area contributed by atoms with Crippen molar-refractivity contribution in [2.75, 3.05) is 7.05 Å². The van der Waals surface area contributed by atoms with Gasteiger partial charge in [-0.05, 0) is 45.1 Å². The summed E-state index contributed by atoms with van der Waals surface area (Å²) in [5, 5.41) is 4.99. The SMILES string of the molecule is CNC1(c2nc3c(s2)CCC3)CCCCC1C. The molecule has 1 N–H and O–H groups in total. The van der Waals surface area contributed by atoms with Gasteiger partial charge in [0.25, 0.3) is 0 Å². The summed E-state index contributed by atoms with van der Waals surface area (Å²) in [6.45, 7) is 2.39. The summed E-state index contributed by atoms with van der Waals surface area (Å²) in [7, 11) is 2.12. The first kappa shape index (κ1) is 11.7. The molecule has 2 nitrogen and oxygen atoms in total. The number of thiazole rings is 1. The van der Waals surface area contributed by atoms with Crippen molar-refractivity contribution in [1.29, 1.82) is 0 Å². The Morgan fingerprint density at radius 3 is 2.88 bits per heavy atom. The van der Waals surface area contributed by atoms with E-state index < -0.39 is 0 Å². The van der Waals surface area contributed by atoms with Gasteiger partial charge in [0, 0.05) is 4.88 Å². The summed E-state index contributed by atoms with van der Waals surface area (Å²) >= 11 is 1.98. The molecule has 0 bridgehead atoms. The van der Waals surface area contributed by atoms with E-state index in [2.05, 4.69) is 19.3 Å². The van der Waals surface area contributed by atoms with Crippen molar-refractivity contribution in [3.05, 3.63) is 15.6 Å². The van der Waals surface area contributed by atoms with Crippen LogP contribution in [0.25, 0.3) is 0 Å². The molecule has 1 saturated carbocycles. The number of nitrogens with one attached hydrogen (secondary N) is 1. The van der Waals surface area contributed by atoms with Crippen molar-refractivity contribution in [2.24, 2.45) is 5.92 Å². The minimum Gasteiger partial charge on any atom is -0.308 e.